The van der Waals surface area contributed by atoms with Crippen molar-refractivity contribution in [3.8, 4) is 11.5 Å². The molecule has 2 aliphatic rings. The molecule has 0 spiro atoms. The number of Topliss-reactive ketones (excluding diaryl/α,β-unsaturated/α-hetero) is 1. The molecule has 2 aromatic rings. The highest BCUT2D eigenvalue weighted by Gasteiger charge is 2.43. The zero-order chi connectivity index (χ0) is 24.6. The molecule has 8 heteroatoms. The Balaban J connectivity index is 1.90. The summed E-state index contributed by atoms with van der Waals surface area (Å²) in [6.07, 6.45) is 0.784. The van der Waals surface area contributed by atoms with E-state index in [0.29, 0.717) is 46.7 Å². The first-order valence-corrected chi connectivity index (χ1v) is 12.8. The maximum absolute atomic E-state index is 13.7. The largest absolute Gasteiger partial charge is 0.496 e. The van der Waals surface area contributed by atoms with Crippen molar-refractivity contribution in [3.63, 3.8) is 0 Å². The summed E-state index contributed by atoms with van der Waals surface area (Å²) >= 11 is 5.17. The van der Waals surface area contributed by atoms with Gasteiger partial charge in [-0.05, 0) is 66.7 Å². The molecule has 0 saturated carbocycles. The normalized spacial score (nSPS) is 20.3. The summed E-state index contributed by atoms with van der Waals surface area (Å²) in [6.45, 7) is 5.48. The summed E-state index contributed by atoms with van der Waals surface area (Å²) in [5, 5.41) is 5.42. The molecule has 2 heterocycles. The molecule has 1 aliphatic carbocycles. The maximum Gasteiger partial charge on any atom is 0.337 e. The average Bonchev–Trinajstić information content (AvgIpc) is 3.32. The van der Waals surface area contributed by atoms with E-state index in [4.69, 9.17) is 14.2 Å². The summed E-state index contributed by atoms with van der Waals surface area (Å²) in [5.41, 5.74) is 3.23. The molecule has 0 amide bonds. The van der Waals surface area contributed by atoms with Gasteiger partial charge in [0.05, 0.1) is 36.3 Å². The Morgan fingerprint density at radius 1 is 1.18 bits per heavy atom. The third kappa shape index (κ3) is 4.53. The molecular formula is C26H28BrNO5S. The highest BCUT2D eigenvalue weighted by Crippen LogP contribution is 2.49. The Kier molecular flexibility index (Phi) is 7.19. The van der Waals surface area contributed by atoms with Crippen LogP contribution >= 0.6 is 27.3 Å². The summed E-state index contributed by atoms with van der Waals surface area (Å²) in [4.78, 5) is 28.2. The molecule has 0 unspecified atom stereocenters. The van der Waals surface area contributed by atoms with E-state index < -0.39 is 11.9 Å². The molecule has 2 atom stereocenters. The van der Waals surface area contributed by atoms with Gasteiger partial charge in [0.15, 0.2) is 5.78 Å². The van der Waals surface area contributed by atoms with Gasteiger partial charge in [-0.25, -0.2) is 4.79 Å². The predicted octanol–water partition coefficient (Wildman–Crippen LogP) is 5.84. The second kappa shape index (κ2) is 9.96. The number of ketones is 1. The van der Waals surface area contributed by atoms with E-state index in [2.05, 4.69) is 27.3 Å². The fourth-order valence-corrected chi connectivity index (χ4v) is 6.05. The number of carbonyl (C=O) groups excluding carboxylic acids is 2. The van der Waals surface area contributed by atoms with E-state index in [1.165, 1.54) is 4.88 Å². The van der Waals surface area contributed by atoms with E-state index in [-0.39, 0.29) is 17.8 Å². The molecule has 0 saturated heterocycles. The number of halogens is 1. The minimum absolute atomic E-state index is 0.0171. The highest BCUT2D eigenvalue weighted by atomic mass is 79.9. The van der Waals surface area contributed by atoms with Crippen LogP contribution in [0.2, 0.25) is 0 Å². The Morgan fingerprint density at radius 2 is 1.91 bits per heavy atom. The first kappa shape index (κ1) is 24.5. The van der Waals surface area contributed by atoms with Crippen LogP contribution in [-0.2, 0) is 14.3 Å². The third-order valence-corrected chi connectivity index (χ3v) is 7.81. The predicted molar refractivity (Wildman–Crippen MR) is 135 cm³/mol. The number of allylic oxidation sites excluding steroid dienone is 3. The van der Waals surface area contributed by atoms with Gasteiger partial charge in [-0.2, -0.15) is 0 Å². The Hall–Kier alpha value is -2.58. The van der Waals surface area contributed by atoms with Crippen molar-refractivity contribution >= 4 is 39.0 Å². The summed E-state index contributed by atoms with van der Waals surface area (Å²) in [7, 11) is 3.15. The van der Waals surface area contributed by atoms with Crippen LogP contribution in [0.1, 0.15) is 55.9 Å². The zero-order valence-electron chi connectivity index (χ0n) is 19.9. The summed E-state index contributed by atoms with van der Waals surface area (Å²) in [5.74, 6) is 0.193. The van der Waals surface area contributed by atoms with Gasteiger partial charge in [0.25, 0.3) is 0 Å². The molecule has 1 aromatic carbocycles. The molecule has 0 bridgehead atoms. The molecule has 34 heavy (non-hydrogen) atoms. The molecule has 6 nitrogen and oxygen atoms in total. The van der Waals surface area contributed by atoms with Gasteiger partial charge < -0.3 is 19.5 Å². The molecule has 1 aliphatic heterocycles. The van der Waals surface area contributed by atoms with E-state index in [1.54, 1.807) is 31.6 Å². The number of thiophene rings is 1. The lowest BCUT2D eigenvalue weighted by Gasteiger charge is -2.37. The van der Waals surface area contributed by atoms with Crippen LogP contribution in [0.5, 0.6) is 11.5 Å². The van der Waals surface area contributed by atoms with Gasteiger partial charge in [0, 0.05) is 39.7 Å². The number of methoxy groups -OCH3 is 2. The topological polar surface area (TPSA) is 73.9 Å². The molecule has 4 rings (SSSR count). The maximum atomic E-state index is 13.7. The molecular weight excluding hydrogens is 518 g/mol. The van der Waals surface area contributed by atoms with E-state index in [0.717, 1.165) is 10.2 Å². The van der Waals surface area contributed by atoms with Crippen molar-refractivity contribution < 1.29 is 23.8 Å². The quantitative estimate of drug-likeness (QED) is 0.459. The van der Waals surface area contributed by atoms with Crippen LogP contribution < -0.4 is 14.8 Å². The van der Waals surface area contributed by atoms with Crippen LogP contribution in [-0.4, -0.2) is 32.1 Å². The minimum Gasteiger partial charge on any atom is -0.496 e. The second-order valence-electron chi connectivity index (χ2n) is 8.72. The first-order chi connectivity index (χ1) is 16.2. The van der Waals surface area contributed by atoms with Gasteiger partial charge in [0.1, 0.15) is 11.5 Å². The summed E-state index contributed by atoms with van der Waals surface area (Å²) in [6, 6.07) is 7.72. The third-order valence-electron chi connectivity index (χ3n) is 6.15. The highest BCUT2D eigenvalue weighted by molar-refractivity contribution is 9.10. The van der Waals surface area contributed by atoms with Crippen LogP contribution in [0.4, 0.5) is 0 Å². The number of nitrogens with one attached hydrogen (secondary N) is 1. The van der Waals surface area contributed by atoms with Crippen molar-refractivity contribution in [3.05, 3.63) is 67.1 Å². The number of benzene rings is 1. The van der Waals surface area contributed by atoms with Gasteiger partial charge >= 0.3 is 5.97 Å². The Bertz CT molecular complexity index is 1180. The monoisotopic (exact) mass is 545 g/mol. The first-order valence-electron chi connectivity index (χ1n) is 11.1. The van der Waals surface area contributed by atoms with E-state index >= 15 is 0 Å². The van der Waals surface area contributed by atoms with Gasteiger partial charge in [-0.1, -0.05) is 6.07 Å². The van der Waals surface area contributed by atoms with E-state index in [1.807, 2.05) is 38.3 Å². The van der Waals surface area contributed by atoms with Crippen LogP contribution in [0.3, 0.4) is 0 Å². The van der Waals surface area contributed by atoms with Crippen molar-refractivity contribution in [2.45, 2.75) is 51.6 Å². The number of esters is 1. The SMILES string of the molecule is COc1cc([C@@H]2C(C(=O)OC(C)C)=C(C)NC3=C2C(=O)C[C@H](c2cccs2)C3)c(OC)cc1Br. The number of carbonyl (C=O) groups is 2. The van der Waals surface area contributed by atoms with Crippen molar-refractivity contribution in [2.75, 3.05) is 14.2 Å². The number of dihydropyridines is 1. The number of rotatable bonds is 6. The average molecular weight is 546 g/mol. The smallest absolute Gasteiger partial charge is 0.337 e. The minimum atomic E-state index is -0.628. The molecule has 0 radical (unpaired) electrons. The lowest BCUT2D eigenvalue weighted by atomic mass is 9.72. The number of hydrogen-bond acceptors (Lipinski definition) is 7. The molecule has 0 fully saturated rings. The Morgan fingerprint density at radius 3 is 2.53 bits per heavy atom. The van der Waals surface area contributed by atoms with Gasteiger partial charge in [0.2, 0.25) is 0 Å². The molecule has 180 valence electrons. The number of ether oxygens (including phenoxy) is 3. The van der Waals surface area contributed by atoms with Crippen LogP contribution in [0, 0.1) is 0 Å². The van der Waals surface area contributed by atoms with Gasteiger partial charge in [-0.15, -0.1) is 11.3 Å². The number of hydrogen-bond donors (Lipinski definition) is 1. The van der Waals surface area contributed by atoms with Gasteiger partial charge in [-0.3, -0.25) is 4.79 Å². The Labute approximate surface area is 212 Å². The van der Waals surface area contributed by atoms with Crippen LogP contribution in [0.25, 0.3) is 0 Å². The lowest BCUT2D eigenvalue weighted by Crippen LogP contribution is -2.36. The fourth-order valence-electron chi connectivity index (χ4n) is 4.73. The standard InChI is InChI=1S/C26H28BrNO5S/c1-13(2)33-26(30)23-14(3)28-18-9-15(22-7-6-8-34-22)10-19(29)25(18)24(23)16-11-21(32-5)17(27)12-20(16)31-4/h6-8,11-13,15,24,28H,9-10H2,1-5H3/t15-,24-/m1/s1. The van der Waals surface area contributed by atoms with E-state index in [9.17, 15) is 9.59 Å². The van der Waals surface area contributed by atoms with Crippen molar-refractivity contribution in [2.24, 2.45) is 0 Å². The second-order valence-corrected chi connectivity index (χ2v) is 10.5. The van der Waals surface area contributed by atoms with Crippen molar-refractivity contribution in [1.29, 1.82) is 0 Å². The van der Waals surface area contributed by atoms with Crippen LogP contribution in [0.15, 0.2) is 56.7 Å². The lowest BCUT2D eigenvalue weighted by molar-refractivity contribution is -0.143. The van der Waals surface area contributed by atoms with Crippen molar-refractivity contribution in [1.82, 2.24) is 5.32 Å². The zero-order valence-corrected chi connectivity index (χ0v) is 22.3. The summed E-state index contributed by atoms with van der Waals surface area (Å²) < 4.78 is 17.6. The molecule has 1 aromatic heterocycles. The fraction of sp³-hybridized carbons (Fsp3) is 0.385. The molecule has 1 N–H and O–H groups in total.